The molecule has 1 aliphatic rings. The highest BCUT2D eigenvalue weighted by atomic mass is 16.5. The summed E-state index contributed by atoms with van der Waals surface area (Å²) in [6.45, 7) is 4.42. The molecule has 1 aliphatic heterocycles. The van der Waals surface area contributed by atoms with Crippen LogP contribution in [-0.4, -0.2) is 23.5 Å². The summed E-state index contributed by atoms with van der Waals surface area (Å²) in [6.07, 6.45) is 0.740. The standard InChI is InChI=1S/C28H25NO4/c1-18(2)32-21-14-12-20(13-15-21)25-24-26(30)22-10-6-7-11-23(22)33-27(24)28(31)29(25)17-16-19-8-4-3-5-9-19/h3-15,18,25H,16-17H2,1-2H3. The molecule has 0 N–H and O–H groups in total. The van der Waals surface area contributed by atoms with Gasteiger partial charge in [-0.1, -0.05) is 54.6 Å². The smallest absolute Gasteiger partial charge is 0.290 e. The fourth-order valence-corrected chi connectivity index (χ4v) is 4.44. The Balaban J connectivity index is 1.60. The molecule has 33 heavy (non-hydrogen) atoms. The minimum Gasteiger partial charge on any atom is -0.491 e. The first kappa shape index (κ1) is 21.0. The van der Waals surface area contributed by atoms with E-state index in [-0.39, 0.29) is 23.2 Å². The van der Waals surface area contributed by atoms with Gasteiger partial charge in [-0.3, -0.25) is 9.59 Å². The van der Waals surface area contributed by atoms with Gasteiger partial charge in [0.25, 0.3) is 5.91 Å². The average Bonchev–Trinajstić information content (AvgIpc) is 3.10. The van der Waals surface area contributed by atoms with Crippen LogP contribution < -0.4 is 10.2 Å². The minimum atomic E-state index is -0.509. The highest BCUT2D eigenvalue weighted by molar-refractivity contribution is 5.99. The summed E-state index contributed by atoms with van der Waals surface area (Å²) in [7, 11) is 0. The second-order valence-electron chi connectivity index (χ2n) is 8.54. The third-order valence-electron chi connectivity index (χ3n) is 5.92. The molecule has 2 heterocycles. The van der Waals surface area contributed by atoms with Crippen molar-refractivity contribution >= 4 is 16.9 Å². The van der Waals surface area contributed by atoms with E-state index < -0.39 is 6.04 Å². The van der Waals surface area contributed by atoms with Crippen LogP contribution in [0.3, 0.4) is 0 Å². The number of fused-ring (bicyclic) bond motifs is 2. The van der Waals surface area contributed by atoms with Crippen LogP contribution in [0.4, 0.5) is 0 Å². The van der Waals surface area contributed by atoms with Crippen molar-refractivity contribution in [1.29, 1.82) is 0 Å². The molecule has 1 aromatic heterocycles. The second kappa shape index (κ2) is 8.58. The van der Waals surface area contributed by atoms with Gasteiger partial charge < -0.3 is 14.1 Å². The van der Waals surface area contributed by atoms with Crippen LogP contribution in [0.25, 0.3) is 11.0 Å². The lowest BCUT2D eigenvalue weighted by Crippen LogP contribution is -2.31. The van der Waals surface area contributed by atoms with Crippen LogP contribution in [0, 0.1) is 0 Å². The van der Waals surface area contributed by atoms with Gasteiger partial charge in [-0.2, -0.15) is 0 Å². The summed E-state index contributed by atoms with van der Waals surface area (Å²) in [6, 6.07) is 24.2. The quantitative estimate of drug-likeness (QED) is 0.405. The van der Waals surface area contributed by atoms with Gasteiger partial charge in [0.15, 0.2) is 5.43 Å². The maximum atomic E-state index is 13.5. The maximum Gasteiger partial charge on any atom is 0.290 e. The van der Waals surface area contributed by atoms with Gasteiger partial charge in [0.1, 0.15) is 11.3 Å². The van der Waals surface area contributed by atoms with Gasteiger partial charge in [0, 0.05) is 6.54 Å². The first-order chi connectivity index (χ1) is 16.0. The molecule has 166 valence electrons. The van der Waals surface area contributed by atoms with E-state index >= 15 is 0 Å². The van der Waals surface area contributed by atoms with E-state index in [1.54, 1.807) is 23.1 Å². The molecule has 0 saturated carbocycles. The molecule has 1 unspecified atom stereocenters. The predicted octanol–water partition coefficient (Wildman–Crippen LogP) is 5.37. The fraction of sp³-hybridized carbons (Fsp3) is 0.214. The molecular formula is C28H25NO4. The maximum absolute atomic E-state index is 13.5. The number of hydrogen-bond acceptors (Lipinski definition) is 4. The molecule has 0 radical (unpaired) electrons. The van der Waals surface area contributed by atoms with Gasteiger partial charge >= 0.3 is 0 Å². The molecular weight excluding hydrogens is 414 g/mol. The highest BCUT2D eigenvalue weighted by Gasteiger charge is 2.42. The zero-order valence-electron chi connectivity index (χ0n) is 18.7. The van der Waals surface area contributed by atoms with E-state index in [1.165, 1.54) is 0 Å². The molecule has 0 bridgehead atoms. The Bertz CT molecular complexity index is 1360. The molecule has 0 aliphatic carbocycles. The van der Waals surface area contributed by atoms with Crippen molar-refractivity contribution in [2.24, 2.45) is 0 Å². The molecule has 1 amide bonds. The third-order valence-corrected chi connectivity index (χ3v) is 5.92. The first-order valence-corrected chi connectivity index (χ1v) is 11.2. The van der Waals surface area contributed by atoms with Gasteiger partial charge in [-0.05, 0) is 55.7 Å². The summed E-state index contributed by atoms with van der Waals surface area (Å²) < 4.78 is 11.8. The highest BCUT2D eigenvalue weighted by Crippen LogP contribution is 2.38. The molecule has 1 atom stereocenters. The number of para-hydroxylation sites is 1. The van der Waals surface area contributed by atoms with E-state index in [2.05, 4.69) is 0 Å². The summed E-state index contributed by atoms with van der Waals surface area (Å²) >= 11 is 0. The van der Waals surface area contributed by atoms with Gasteiger partial charge in [-0.25, -0.2) is 0 Å². The number of carbonyl (C=O) groups excluding carboxylic acids is 1. The van der Waals surface area contributed by atoms with Crippen LogP contribution in [0.15, 0.2) is 88.1 Å². The van der Waals surface area contributed by atoms with Crippen molar-refractivity contribution in [3.8, 4) is 5.75 Å². The van der Waals surface area contributed by atoms with Crippen LogP contribution in [0.5, 0.6) is 5.75 Å². The zero-order chi connectivity index (χ0) is 22.9. The molecule has 0 spiro atoms. The first-order valence-electron chi connectivity index (χ1n) is 11.2. The van der Waals surface area contributed by atoms with Crippen molar-refractivity contribution in [1.82, 2.24) is 4.90 Å². The van der Waals surface area contributed by atoms with Crippen molar-refractivity contribution < 1.29 is 13.9 Å². The molecule has 5 heteroatoms. The van der Waals surface area contributed by atoms with Crippen molar-refractivity contribution in [2.75, 3.05) is 6.54 Å². The number of carbonyl (C=O) groups is 1. The summed E-state index contributed by atoms with van der Waals surface area (Å²) in [4.78, 5) is 28.7. The fourth-order valence-electron chi connectivity index (χ4n) is 4.44. The number of benzene rings is 3. The molecule has 0 saturated heterocycles. The molecule has 5 rings (SSSR count). The van der Waals surface area contributed by atoms with Crippen molar-refractivity contribution in [3.05, 3.63) is 112 Å². The summed E-state index contributed by atoms with van der Waals surface area (Å²) in [5.74, 6) is 0.634. The lowest BCUT2D eigenvalue weighted by molar-refractivity contribution is 0.0730. The summed E-state index contributed by atoms with van der Waals surface area (Å²) in [5.41, 5.74) is 2.66. The van der Waals surface area contributed by atoms with Crippen molar-refractivity contribution in [2.45, 2.75) is 32.4 Å². The Labute approximate surface area is 192 Å². The zero-order valence-corrected chi connectivity index (χ0v) is 18.7. The van der Waals surface area contributed by atoms with Gasteiger partial charge in [-0.15, -0.1) is 0 Å². The number of rotatable bonds is 6. The number of hydrogen-bond donors (Lipinski definition) is 0. The predicted molar refractivity (Wildman–Crippen MR) is 128 cm³/mol. The van der Waals surface area contributed by atoms with Gasteiger partial charge in [0.05, 0.1) is 23.1 Å². The van der Waals surface area contributed by atoms with Crippen LogP contribution in [-0.2, 0) is 6.42 Å². The number of amides is 1. The Morgan fingerprint density at radius 1 is 0.909 bits per heavy atom. The van der Waals surface area contributed by atoms with Crippen LogP contribution >= 0.6 is 0 Å². The Kier molecular flexibility index (Phi) is 5.47. The molecule has 3 aromatic carbocycles. The lowest BCUT2D eigenvalue weighted by Gasteiger charge is -2.25. The number of nitrogens with zero attached hydrogens (tertiary/aromatic N) is 1. The summed E-state index contributed by atoms with van der Waals surface area (Å²) in [5, 5.41) is 0.485. The molecule has 5 nitrogen and oxygen atoms in total. The third kappa shape index (κ3) is 3.91. The average molecular weight is 440 g/mol. The number of ether oxygens (including phenoxy) is 1. The van der Waals surface area contributed by atoms with Crippen LogP contribution in [0.2, 0.25) is 0 Å². The van der Waals surface area contributed by atoms with E-state index in [0.717, 1.165) is 16.9 Å². The van der Waals surface area contributed by atoms with E-state index in [4.69, 9.17) is 9.15 Å². The van der Waals surface area contributed by atoms with Gasteiger partial charge in [0.2, 0.25) is 5.76 Å². The normalized spacial score (nSPS) is 15.3. The Morgan fingerprint density at radius 3 is 2.33 bits per heavy atom. The van der Waals surface area contributed by atoms with E-state index in [0.29, 0.717) is 29.5 Å². The Hall–Kier alpha value is -3.86. The van der Waals surface area contributed by atoms with E-state index in [9.17, 15) is 9.59 Å². The minimum absolute atomic E-state index is 0.0606. The lowest BCUT2D eigenvalue weighted by atomic mass is 9.98. The SMILES string of the molecule is CC(C)Oc1ccc(C2c3c(oc4ccccc4c3=O)C(=O)N2CCc2ccccc2)cc1. The monoisotopic (exact) mass is 439 g/mol. The largest absolute Gasteiger partial charge is 0.491 e. The van der Waals surface area contributed by atoms with Crippen LogP contribution in [0.1, 0.15) is 47.1 Å². The van der Waals surface area contributed by atoms with E-state index in [1.807, 2.05) is 74.5 Å². The Morgan fingerprint density at radius 2 is 1.61 bits per heavy atom. The molecule has 4 aromatic rings. The van der Waals surface area contributed by atoms with Crippen molar-refractivity contribution in [3.63, 3.8) is 0 Å². The second-order valence-corrected chi connectivity index (χ2v) is 8.54. The topological polar surface area (TPSA) is 59.8 Å². The molecule has 0 fully saturated rings.